The Kier molecular flexibility index (Phi) is 4.57. The molecule has 0 bridgehead atoms. The maximum atomic E-state index is 12.4. The van der Waals surface area contributed by atoms with Crippen LogP contribution in [0.3, 0.4) is 0 Å². The number of aromatic nitrogens is 1. The van der Waals surface area contributed by atoms with Crippen LogP contribution in [0.4, 0.5) is 13.2 Å². The third-order valence-electron chi connectivity index (χ3n) is 2.90. The van der Waals surface area contributed by atoms with Crippen LogP contribution in [0.25, 0.3) is 0 Å². The second-order valence-corrected chi connectivity index (χ2v) is 4.44. The van der Waals surface area contributed by atoms with Crippen molar-refractivity contribution in [2.45, 2.75) is 12.6 Å². The molecular weight excluding hydrogens is 281 g/mol. The summed E-state index contributed by atoms with van der Waals surface area (Å²) in [5.41, 5.74) is 0.411. The van der Waals surface area contributed by atoms with Gasteiger partial charge in [0.2, 0.25) is 0 Å². The lowest BCUT2D eigenvalue weighted by Gasteiger charge is -2.08. The van der Waals surface area contributed by atoms with Crippen molar-refractivity contribution in [2.24, 2.45) is 0 Å². The van der Waals surface area contributed by atoms with E-state index in [1.807, 2.05) is 6.07 Å². The van der Waals surface area contributed by atoms with Crippen molar-refractivity contribution in [1.29, 1.82) is 0 Å². The number of carbonyl (C=O) groups excluding carboxylic acids is 1. The molecule has 0 aliphatic heterocycles. The highest BCUT2D eigenvalue weighted by Gasteiger charge is 2.30. The average Bonchev–Trinajstić information content (AvgIpc) is 2.47. The maximum absolute atomic E-state index is 12.4. The van der Waals surface area contributed by atoms with E-state index in [1.165, 1.54) is 12.1 Å². The lowest BCUT2D eigenvalue weighted by Crippen LogP contribution is -2.25. The number of hydrogen-bond acceptors (Lipinski definition) is 2. The molecule has 0 saturated carbocycles. The zero-order valence-electron chi connectivity index (χ0n) is 11.0. The molecular formula is C15H13F3N2O. The number of nitrogens with one attached hydrogen (secondary N) is 1. The highest BCUT2D eigenvalue weighted by Crippen LogP contribution is 2.28. The summed E-state index contributed by atoms with van der Waals surface area (Å²) in [6.07, 6.45) is -0.426. The number of amides is 1. The molecule has 0 unspecified atom stereocenters. The summed E-state index contributed by atoms with van der Waals surface area (Å²) in [6.45, 7) is 0.394. The van der Waals surface area contributed by atoms with Gasteiger partial charge >= 0.3 is 6.18 Å². The smallest absolute Gasteiger partial charge is 0.352 e. The molecule has 2 rings (SSSR count). The minimum atomic E-state index is -4.39. The van der Waals surface area contributed by atoms with E-state index in [0.29, 0.717) is 13.0 Å². The van der Waals surface area contributed by atoms with Crippen molar-refractivity contribution in [1.82, 2.24) is 10.3 Å². The summed E-state index contributed by atoms with van der Waals surface area (Å²) >= 11 is 0. The van der Waals surface area contributed by atoms with Gasteiger partial charge in [0, 0.05) is 24.5 Å². The molecule has 1 heterocycles. The SMILES string of the molecule is O=C(NCCc1cccnc1)c1ccc(C(F)(F)F)cc1. The Hall–Kier alpha value is -2.37. The monoisotopic (exact) mass is 294 g/mol. The summed E-state index contributed by atoms with van der Waals surface area (Å²) < 4.78 is 37.2. The van der Waals surface area contributed by atoms with Crippen LogP contribution in [-0.2, 0) is 12.6 Å². The fraction of sp³-hybridized carbons (Fsp3) is 0.200. The number of alkyl halides is 3. The second kappa shape index (κ2) is 6.39. The summed E-state index contributed by atoms with van der Waals surface area (Å²) in [6, 6.07) is 7.82. The number of pyridine rings is 1. The molecule has 110 valence electrons. The predicted molar refractivity (Wildman–Crippen MR) is 71.7 cm³/mol. The van der Waals surface area contributed by atoms with Crippen LogP contribution in [0.15, 0.2) is 48.8 Å². The molecule has 1 aromatic carbocycles. The van der Waals surface area contributed by atoms with E-state index in [0.717, 1.165) is 17.7 Å². The molecule has 0 fully saturated rings. The van der Waals surface area contributed by atoms with Crippen LogP contribution in [0, 0.1) is 0 Å². The molecule has 1 aromatic heterocycles. The van der Waals surface area contributed by atoms with E-state index >= 15 is 0 Å². The first-order valence-corrected chi connectivity index (χ1v) is 6.31. The minimum absolute atomic E-state index is 0.203. The number of benzene rings is 1. The second-order valence-electron chi connectivity index (χ2n) is 4.44. The van der Waals surface area contributed by atoms with Gasteiger partial charge in [0.15, 0.2) is 0 Å². The van der Waals surface area contributed by atoms with Gasteiger partial charge in [-0.1, -0.05) is 6.07 Å². The van der Waals surface area contributed by atoms with Crippen LogP contribution in [0.1, 0.15) is 21.5 Å². The Morgan fingerprint density at radius 1 is 1.14 bits per heavy atom. The molecule has 0 saturated heterocycles. The van der Waals surface area contributed by atoms with E-state index < -0.39 is 17.6 Å². The van der Waals surface area contributed by atoms with Gasteiger partial charge in [-0.25, -0.2) is 0 Å². The molecule has 21 heavy (non-hydrogen) atoms. The summed E-state index contributed by atoms with van der Waals surface area (Å²) in [5.74, 6) is -0.396. The molecule has 6 heteroatoms. The Balaban J connectivity index is 1.89. The molecule has 0 aliphatic rings. The normalized spacial score (nSPS) is 11.2. The molecule has 0 spiro atoms. The fourth-order valence-electron chi connectivity index (χ4n) is 1.78. The van der Waals surface area contributed by atoms with Gasteiger partial charge in [-0.2, -0.15) is 13.2 Å². The van der Waals surface area contributed by atoms with E-state index in [1.54, 1.807) is 18.5 Å². The van der Waals surface area contributed by atoms with E-state index in [2.05, 4.69) is 10.3 Å². The highest BCUT2D eigenvalue weighted by molar-refractivity contribution is 5.94. The molecule has 1 N–H and O–H groups in total. The first kappa shape index (κ1) is 15.0. The zero-order valence-corrected chi connectivity index (χ0v) is 11.0. The van der Waals surface area contributed by atoms with Gasteiger partial charge in [-0.3, -0.25) is 9.78 Å². The first-order chi connectivity index (χ1) is 9.97. The number of carbonyl (C=O) groups is 1. The van der Waals surface area contributed by atoms with Gasteiger partial charge in [0.05, 0.1) is 5.56 Å². The third-order valence-corrected chi connectivity index (χ3v) is 2.90. The first-order valence-electron chi connectivity index (χ1n) is 6.31. The van der Waals surface area contributed by atoms with Gasteiger partial charge in [0.25, 0.3) is 5.91 Å². The number of nitrogens with zero attached hydrogens (tertiary/aromatic N) is 1. The highest BCUT2D eigenvalue weighted by atomic mass is 19.4. The Morgan fingerprint density at radius 2 is 1.86 bits per heavy atom. The summed E-state index contributed by atoms with van der Waals surface area (Å²) in [4.78, 5) is 15.7. The Morgan fingerprint density at radius 3 is 2.43 bits per heavy atom. The quantitative estimate of drug-likeness (QED) is 0.941. The maximum Gasteiger partial charge on any atom is 0.416 e. The number of halogens is 3. The van der Waals surface area contributed by atoms with Crippen LogP contribution < -0.4 is 5.32 Å². The van der Waals surface area contributed by atoms with Gasteiger partial charge in [0.1, 0.15) is 0 Å². The van der Waals surface area contributed by atoms with Crippen molar-refractivity contribution >= 4 is 5.91 Å². The number of rotatable bonds is 4. The van der Waals surface area contributed by atoms with E-state index in [9.17, 15) is 18.0 Å². The average molecular weight is 294 g/mol. The van der Waals surface area contributed by atoms with E-state index in [-0.39, 0.29) is 5.56 Å². The van der Waals surface area contributed by atoms with Crippen molar-refractivity contribution in [3.63, 3.8) is 0 Å². The molecule has 2 aromatic rings. The molecule has 1 amide bonds. The standard InChI is InChI=1S/C15H13F3N2O/c16-15(17,18)13-5-3-12(4-6-13)14(21)20-9-7-11-2-1-8-19-10-11/h1-6,8,10H,7,9H2,(H,20,21). The van der Waals surface area contributed by atoms with Gasteiger partial charge in [-0.05, 0) is 42.3 Å². The van der Waals surface area contributed by atoms with Gasteiger partial charge < -0.3 is 5.32 Å². The van der Waals surface area contributed by atoms with Crippen LogP contribution in [-0.4, -0.2) is 17.4 Å². The van der Waals surface area contributed by atoms with Crippen LogP contribution in [0.5, 0.6) is 0 Å². The third kappa shape index (κ3) is 4.30. The van der Waals surface area contributed by atoms with Gasteiger partial charge in [-0.15, -0.1) is 0 Å². The van der Waals surface area contributed by atoms with Crippen LogP contribution in [0.2, 0.25) is 0 Å². The van der Waals surface area contributed by atoms with Crippen LogP contribution >= 0.6 is 0 Å². The number of hydrogen-bond donors (Lipinski definition) is 1. The minimum Gasteiger partial charge on any atom is -0.352 e. The zero-order chi connectivity index (χ0) is 15.3. The van der Waals surface area contributed by atoms with Crippen molar-refractivity contribution in [3.8, 4) is 0 Å². The molecule has 0 aliphatic carbocycles. The summed E-state index contributed by atoms with van der Waals surface area (Å²) in [5, 5.41) is 2.66. The predicted octanol–water partition coefficient (Wildman–Crippen LogP) is 3.07. The van der Waals surface area contributed by atoms with Crippen molar-refractivity contribution in [3.05, 3.63) is 65.5 Å². The van der Waals surface area contributed by atoms with Crippen molar-refractivity contribution in [2.75, 3.05) is 6.54 Å². The Labute approximate surface area is 119 Å². The molecule has 0 radical (unpaired) electrons. The molecule has 0 atom stereocenters. The lowest BCUT2D eigenvalue weighted by atomic mass is 10.1. The topological polar surface area (TPSA) is 42.0 Å². The van der Waals surface area contributed by atoms with Crippen molar-refractivity contribution < 1.29 is 18.0 Å². The Bertz CT molecular complexity index is 595. The lowest BCUT2D eigenvalue weighted by molar-refractivity contribution is -0.137. The summed E-state index contributed by atoms with van der Waals surface area (Å²) in [7, 11) is 0. The molecule has 3 nitrogen and oxygen atoms in total. The van der Waals surface area contributed by atoms with E-state index in [4.69, 9.17) is 0 Å². The largest absolute Gasteiger partial charge is 0.416 e. The fourth-order valence-corrected chi connectivity index (χ4v) is 1.78.